The molecule has 1 unspecified atom stereocenters. The number of hydrogen-bond acceptors (Lipinski definition) is 2. The molecule has 0 saturated carbocycles. The Morgan fingerprint density at radius 2 is 2.22 bits per heavy atom. The van der Waals surface area contributed by atoms with Gasteiger partial charge in [-0.25, -0.2) is 0 Å². The van der Waals surface area contributed by atoms with E-state index in [-0.39, 0.29) is 0 Å². The van der Waals surface area contributed by atoms with Crippen LogP contribution in [0, 0.1) is 0 Å². The zero-order valence-electron chi connectivity index (χ0n) is 11.0. The summed E-state index contributed by atoms with van der Waals surface area (Å²) in [7, 11) is 0. The van der Waals surface area contributed by atoms with Crippen molar-refractivity contribution in [3.8, 4) is 0 Å². The van der Waals surface area contributed by atoms with Gasteiger partial charge in [-0.15, -0.1) is 0 Å². The Morgan fingerprint density at radius 1 is 1.33 bits per heavy atom. The van der Waals surface area contributed by atoms with Crippen LogP contribution in [0.25, 0.3) is 0 Å². The zero-order chi connectivity index (χ0) is 12.8. The lowest BCUT2D eigenvalue weighted by molar-refractivity contribution is 0.511. The molecule has 0 radical (unpaired) electrons. The molecule has 2 rings (SSSR count). The molecule has 1 aromatic rings. The van der Waals surface area contributed by atoms with Gasteiger partial charge in [-0.05, 0) is 67.5 Å². The molecular weight excluding hydrogens is 306 g/mol. The van der Waals surface area contributed by atoms with Gasteiger partial charge in [0.1, 0.15) is 0 Å². The number of thioether (sulfide) groups is 1. The van der Waals surface area contributed by atoms with Gasteiger partial charge in [0.2, 0.25) is 0 Å². The molecule has 18 heavy (non-hydrogen) atoms. The first-order valence-electron chi connectivity index (χ1n) is 6.82. The fourth-order valence-corrected chi connectivity index (χ4v) is 3.48. The highest BCUT2D eigenvalue weighted by atomic mass is 79.9. The van der Waals surface area contributed by atoms with Crippen LogP contribution in [0.1, 0.15) is 42.9 Å². The summed E-state index contributed by atoms with van der Waals surface area (Å²) in [5, 5.41) is 3.71. The molecule has 100 valence electrons. The number of halogens is 1. The summed E-state index contributed by atoms with van der Waals surface area (Å²) in [6.45, 7) is 1.16. The van der Waals surface area contributed by atoms with E-state index >= 15 is 0 Å². The minimum atomic E-state index is 0.582. The Morgan fingerprint density at radius 3 is 3.06 bits per heavy atom. The van der Waals surface area contributed by atoms with E-state index in [2.05, 4.69) is 45.7 Å². The first kappa shape index (κ1) is 14.4. The van der Waals surface area contributed by atoms with Gasteiger partial charge < -0.3 is 5.32 Å². The van der Waals surface area contributed by atoms with Gasteiger partial charge in [0.05, 0.1) is 0 Å². The number of aryl methyl sites for hydroxylation is 1. The minimum absolute atomic E-state index is 0.582. The van der Waals surface area contributed by atoms with E-state index in [1.54, 1.807) is 0 Å². The van der Waals surface area contributed by atoms with Crippen molar-refractivity contribution in [1.82, 2.24) is 5.32 Å². The zero-order valence-corrected chi connectivity index (χ0v) is 13.4. The van der Waals surface area contributed by atoms with Gasteiger partial charge >= 0.3 is 0 Å². The monoisotopic (exact) mass is 327 g/mol. The first-order valence-corrected chi connectivity index (χ1v) is 9.00. The molecule has 0 bridgehead atoms. The van der Waals surface area contributed by atoms with E-state index < -0.39 is 0 Å². The predicted octanol–water partition coefficient (Wildman–Crippen LogP) is 4.56. The molecule has 1 nitrogen and oxygen atoms in total. The maximum Gasteiger partial charge on any atom is 0.0326 e. The average molecular weight is 328 g/mol. The van der Waals surface area contributed by atoms with Crippen molar-refractivity contribution in [1.29, 1.82) is 0 Å². The highest BCUT2D eigenvalue weighted by Crippen LogP contribution is 2.32. The van der Waals surface area contributed by atoms with Gasteiger partial charge in [-0.1, -0.05) is 28.4 Å². The third kappa shape index (κ3) is 4.01. The van der Waals surface area contributed by atoms with E-state index in [1.807, 2.05) is 11.8 Å². The quantitative estimate of drug-likeness (QED) is 0.737. The number of benzene rings is 1. The Bertz CT molecular complexity index is 381. The number of fused-ring (bicyclic) bond motifs is 1. The van der Waals surface area contributed by atoms with Crippen LogP contribution < -0.4 is 5.32 Å². The maximum atomic E-state index is 3.71. The molecule has 0 heterocycles. The molecule has 0 fully saturated rings. The lowest BCUT2D eigenvalue weighted by Gasteiger charge is -2.14. The standard InChI is InChI=1S/C15H22BrNS/c1-18-10-4-2-3-9-17-15-8-6-12-5-7-13(16)11-14(12)15/h5,7,11,15,17H,2-4,6,8-10H2,1H3. The summed E-state index contributed by atoms with van der Waals surface area (Å²) < 4.78 is 1.20. The van der Waals surface area contributed by atoms with Crippen molar-refractivity contribution in [3.05, 3.63) is 33.8 Å². The van der Waals surface area contributed by atoms with Gasteiger partial charge in [-0.2, -0.15) is 11.8 Å². The number of hydrogen-bond donors (Lipinski definition) is 1. The van der Waals surface area contributed by atoms with E-state index in [4.69, 9.17) is 0 Å². The van der Waals surface area contributed by atoms with Crippen LogP contribution in [0.15, 0.2) is 22.7 Å². The summed E-state index contributed by atoms with van der Waals surface area (Å²) in [5.41, 5.74) is 3.03. The largest absolute Gasteiger partial charge is 0.310 e. The second-order valence-corrected chi connectivity index (χ2v) is 6.84. The van der Waals surface area contributed by atoms with Crippen molar-refractivity contribution in [3.63, 3.8) is 0 Å². The Kier molecular flexibility index (Phi) is 6.06. The molecule has 1 aromatic carbocycles. The molecule has 0 amide bonds. The van der Waals surface area contributed by atoms with E-state index in [1.165, 1.54) is 53.5 Å². The lowest BCUT2D eigenvalue weighted by Crippen LogP contribution is -2.20. The fraction of sp³-hybridized carbons (Fsp3) is 0.600. The summed E-state index contributed by atoms with van der Waals surface area (Å²) in [4.78, 5) is 0. The van der Waals surface area contributed by atoms with Crippen molar-refractivity contribution in [2.24, 2.45) is 0 Å². The van der Waals surface area contributed by atoms with E-state index in [0.29, 0.717) is 6.04 Å². The maximum absolute atomic E-state index is 3.71. The molecule has 0 saturated heterocycles. The van der Waals surface area contributed by atoms with Crippen LogP contribution in [-0.2, 0) is 6.42 Å². The molecular formula is C15H22BrNS. The molecule has 1 aliphatic rings. The SMILES string of the molecule is CSCCCCCNC1CCc2ccc(Br)cc21. The van der Waals surface area contributed by atoms with Gasteiger partial charge in [0.25, 0.3) is 0 Å². The second-order valence-electron chi connectivity index (χ2n) is 4.94. The third-order valence-electron chi connectivity index (χ3n) is 3.60. The highest BCUT2D eigenvalue weighted by Gasteiger charge is 2.21. The number of nitrogens with one attached hydrogen (secondary N) is 1. The van der Waals surface area contributed by atoms with E-state index in [9.17, 15) is 0 Å². The predicted molar refractivity (Wildman–Crippen MR) is 85.4 cm³/mol. The van der Waals surface area contributed by atoms with Gasteiger partial charge in [0, 0.05) is 10.5 Å². The van der Waals surface area contributed by atoms with Crippen molar-refractivity contribution >= 4 is 27.7 Å². The van der Waals surface area contributed by atoms with Crippen LogP contribution in [0.5, 0.6) is 0 Å². The van der Waals surface area contributed by atoms with Gasteiger partial charge in [0.15, 0.2) is 0 Å². The Balaban J connectivity index is 1.74. The molecule has 1 aliphatic carbocycles. The molecule has 0 aliphatic heterocycles. The van der Waals surface area contributed by atoms with Crippen LogP contribution in [0.2, 0.25) is 0 Å². The normalized spacial score (nSPS) is 18.0. The second kappa shape index (κ2) is 7.56. The average Bonchev–Trinajstić information content (AvgIpc) is 2.76. The van der Waals surface area contributed by atoms with Crippen LogP contribution in [0.3, 0.4) is 0 Å². The summed E-state index contributed by atoms with van der Waals surface area (Å²) in [6, 6.07) is 7.29. The van der Waals surface area contributed by atoms with Crippen molar-refractivity contribution in [2.45, 2.75) is 38.1 Å². The van der Waals surface area contributed by atoms with Crippen molar-refractivity contribution < 1.29 is 0 Å². The lowest BCUT2D eigenvalue weighted by atomic mass is 10.1. The van der Waals surface area contributed by atoms with Crippen LogP contribution in [0.4, 0.5) is 0 Å². The number of unbranched alkanes of at least 4 members (excludes halogenated alkanes) is 2. The Hall–Kier alpha value is 0.01000. The van der Waals surface area contributed by atoms with Gasteiger partial charge in [-0.3, -0.25) is 0 Å². The molecule has 0 spiro atoms. The summed E-state index contributed by atoms with van der Waals surface area (Å²) in [6.07, 6.45) is 8.69. The van der Waals surface area contributed by atoms with Crippen LogP contribution in [-0.4, -0.2) is 18.6 Å². The first-order chi connectivity index (χ1) is 8.81. The molecule has 1 N–H and O–H groups in total. The third-order valence-corrected chi connectivity index (χ3v) is 4.79. The molecule has 1 atom stereocenters. The smallest absolute Gasteiger partial charge is 0.0326 e. The van der Waals surface area contributed by atoms with Crippen LogP contribution >= 0.6 is 27.7 Å². The minimum Gasteiger partial charge on any atom is -0.310 e. The number of rotatable bonds is 7. The highest BCUT2D eigenvalue weighted by molar-refractivity contribution is 9.10. The summed E-state index contributed by atoms with van der Waals surface area (Å²) in [5.74, 6) is 1.30. The molecule has 0 aromatic heterocycles. The van der Waals surface area contributed by atoms with Crippen molar-refractivity contribution in [2.75, 3.05) is 18.6 Å². The summed E-state index contributed by atoms with van der Waals surface area (Å²) >= 11 is 5.52. The Labute approximate surface area is 123 Å². The topological polar surface area (TPSA) is 12.0 Å². The molecule has 3 heteroatoms. The van der Waals surface area contributed by atoms with E-state index in [0.717, 1.165) is 6.54 Å². The fourth-order valence-electron chi connectivity index (χ4n) is 2.61.